The minimum atomic E-state index is -0.577. The number of aliphatic hydroxyl groups is 1. The third-order valence-corrected chi connectivity index (χ3v) is 3.87. The zero-order valence-corrected chi connectivity index (χ0v) is 13.3. The Balaban J connectivity index is 1.63. The van der Waals surface area contributed by atoms with Gasteiger partial charge in [0.25, 0.3) is 0 Å². The number of rotatable bonds is 6. The molecule has 0 saturated carbocycles. The Labute approximate surface area is 140 Å². The molecule has 0 aliphatic heterocycles. The minimum absolute atomic E-state index is 0.0445. The third kappa shape index (κ3) is 4.00. The number of hydrogen-bond donors (Lipinski definition) is 1. The quantitative estimate of drug-likeness (QED) is 0.739. The molecular formula is C19H19FN2O2. The van der Waals surface area contributed by atoms with Crippen molar-refractivity contribution in [2.45, 2.75) is 19.6 Å². The average molecular weight is 326 g/mol. The van der Waals surface area contributed by atoms with E-state index in [1.165, 1.54) is 12.1 Å². The van der Waals surface area contributed by atoms with E-state index in [0.717, 1.165) is 5.56 Å². The van der Waals surface area contributed by atoms with Gasteiger partial charge in [-0.1, -0.05) is 19.1 Å². The third-order valence-electron chi connectivity index (χ3n) is 3.87. The first-order chi connectivity index (χ1) is 11.6. The highest BCUT2D eigenvalue weighted by Gasteiger charge is 2.17. The standard InChI is InChI=1S/C19H19FN2O2/c1-14(12-22-11-10-21-13-22)19(23)15-2-6-17(7-3-15)24-18-8-4-16(20)5-9-18/h2-11,13-14,19,23H,12H2,1H3. The van der Waals surface area contributed by atoms with Crippen LogP contribution in [-0.4, -0.2) is 14.7 Å². The Hall–Kier alpha value is -2.66. The number of nitrogens with zero attached hydrogens (tertiary/aromatic N) is 2. The van der Waals surface area contributed by atoms with Crippen LogP contribution in [0.25, 0.3) is 0 Å². The monoisotopic (exact) mass is 326 g/mol. The molecular weight excluding hydrogens is 307 g/mol. The summed E-state index contributed by atoms with van der Waals surface area (Å²) in [4.78, 5) is 4.01. The molecule has 0 aliphatic rings. The number of hydrogen-bond acceptors (Lipinski definition) is 3. The molecule has 0 spiro atoms. The van der Waals surface area contributed by atoms with Crippen LogP contribution in [0.2, 0.25) is 0 Å². The zero-order chi connectivity index (χ0) is 16.9. The van der Waals surface area contributed by atoms with Crippen LogP contribution >= 0.6 is 0 Å². The summed E-state index contributed by atoms with van der Waals surface area (Å²) in [5.74, 6) is 0.953. The van der Waals surface area contributed by atoms with Crippen LogP contribution in [0.1, 0.15) is 18.6 Å². The maximum absolute atomic E-state index is 12.9. The van der Waals surface area contributed by atoms with Crippen LogP contribution in [0, 0.1) is 11.7 Å². The molecule has 24 heavy (non-hydrogen) atoms. The van der Waals surface area contributed by atoms with Gasteiger partial charge >= 0.3 is 0 Å². The Morgan fingerprint density at radius 1 is 1.08 bits per heavy atom. The zero-order valence-electron chi connectivity index (χ0n) is 13.3. The summed E-state index contributed by atoms with van der Waals surface area (Å²) in [5.41, 5.74) is 0.828. The molecule has 5 heteroatoms. The average Bonchev–Trinajstić information content (AvgIpc) is 3.10. The lowest BCUT2D eigenvalue weighted by molar-refractivity contribution is 0.107. The van der Waals surface area contributed by atoms with Gasteiger partial charge in [-0.2, -0.15) is 0 Å². The second kappa shape index (κ2) is 7.27. The molecule has 0 amide bonds. The number of aromatic nitrogens is 2. The van der Waals surface area contributed by atoms with Crippen molar-refractivity contribution in [3.63, 3.8) is 0 Å². The number of benzene rings is 2. The first kappa shape index (κ1) is 16.2. The van der Waals surface area contributed by atoms with Crippen molar-refractivity contribution in [1.82, 2.24) is 9.55 Å². The molecule has 1 heterocycles. The molecule has 3 rings (SSSR count). The molecule has 0 radical (unpaired) electrons. The molecule has 1 aromatic heterocycles. The van der Waals surface area contributed by atoms with Crippen LogP contribution < -0.4 is 4.74 Å². The van der Waals surface area contributed by atoms with Crippen molar-refractivity contribution < 1.29 is 14.2 Å². The number of ether oxygens (including phenoxy) is 1. The minimum Gasteiger partial charge on any atom is -0.457 e. The molecule has 1 N–H and O–H groups in total. The summed E-state index contributed by atoms with van der Waals surface area (Å²) in [6, 6.07) is 13.1. The molecule has 2 unspecified atom stereocenters. The summed E-state index contributed by atoms with van der Waals surface area (Å²) in [7, 11) is 0. The molecule has 2 aromatic carbocycles. The van der Waals surface area contributed by atoms with Crippen molar-refractivity contribution >= 4 is 0 Å². The Morgan fingerprint density at radius 3 is 2.29 bits per heavy atom. The van der Waals surface area contributed by atoms with Crippen LogP contribution in [0.15, 0.2) is 67.3 Å². The highest BCUT2D eigenvalue weighted by molar-refractivity contribution is 5.33. The van der Waals surface area contributed by atoms with Crippen molar-refractivity contribution in [2.75, 3.05) is 0 Å². The first-order valence-corrected chi connectivity index (χ1v) is 7.79. The van der Waals surface area contributed by atoms with Crippen molar-refractivity contribution in [2.24, 2.45) is 5.92 Å². The number of imidazole rings is 1. The number of aliphatic hydroxyl groups excluding tert-OH is 1. The van der Waals surface area contributed by atoms with Gasteiger partial charge in [-0.25, -0.2) is 9.37 Å². The molecule has 0 aliphatic carbocycles. The second-order valence-electron chi connectivity index (χ2n) is 5.81. The summed E-state index contributed by atoms with van der Waals surface area (Å²) in [6.45, 7) is 2.68. The fourth-order valence-corrected chi connectivity index (χ4v) is 2.53. The maximum atomic E-state index is 12.9. The highest BCUT2D eigenvalue weighted by Crippen LogP contribution is 2.27. The van der Waals surface area contributed by atoms with Gasteiger partial charge in [0.1, 0.15) is 17.3 Å². The van der Waals surface area contributed by atoms with Crippen LogP contribution in [-0.2, 0) is 6.54 Å². The summed E-state index contributed by atoms with van der Waals surface area (Å²) in [5, 5.41) is 10.5. The van der Waals surface area contributed by atoms with Gasteiger partial charge in [-0.3, -0.25) is 0 Å². The van der Waals surface area contributed by atoms with E-state index in [1.54, 1.807) is 36.8 Å². The lowest BCUT2D eigenvalue weighted by Gasteiger charge is -2.20. The Morgan fingerprint density at radius 2 is 1.71 bits per heavy atom. The van der Waals surface area contributed by atoms with E-state index < -0.39 is 6.10 Å². The van der Waals surface area contributed by atoms with E-state index in [2.05, 4.69) is 4.98 Å². The normalized spacial score (nSPS) is 13.5. The molecule has 3 aromatic rings. The lowest BCUT2D eigenvalue weighted by Crippen LogP contribution is -2.15. The SMILES string of the molecule is CC(Cn1ccnc1)C(O)c1ccc(Oc2ccc(F)cc2)cc1. The topological polar surface area (TPSA) is 47.3 Å². The van der Waals surface area contributed by atoms with Gasteiger partial charge in [0.2, 0.25) is 0 Å². The van der Waals surface area contributed by atoms with Crippen LogP contribution in [0.5, 0.6) is 11.5 Å². The van der Waals surface area contributed by atoms with Gasteiger partial charge in [-0.15, -0.1) is 0 Å². The molecule has 124 valence electrons. The van der Waals surface area contributed by atoms with Gasteiger partial charge in [0.05, 0.1) is 12.4 Å². The van der Waals surface area contributed by atoms with Gasteiger partial charge in [-0.05, 0) is 42.0 Å². The largest absolute Gasteiger partial charge is 0.457 e. The first-order valence-electron chi connectivity index (χ1n) is 7.79. The van der Waals surface area contributed by atoms with Gasteiger partial charge < -0.3 is 14.4 Å². The molecule has 2 atom stereocenters. The fraction of sp³-hybridized carbons (Fsp3) is 0.211. The van der Waals surface area contributed by atoms with Crippen molar-refractivity contribution in [3.8, 4) is 11.5 Å². The lowest BCUT2D eigenvalue weighted by atomic mass is 9.97. The van der Waals surface area contributed by atoms with E-state index in [-0.39, 0.29) is 11.7 Å². The smallest absolute Gasteiger partial charge is 0.127 e. The fourth-order valence-electron chi connectivity index (χ4n) is 2.53. The van der Waals surface area contributed by atoms with Crippen molar-refractivity contribution in [1.29, 1.82) is 0 Å². The highest BCUT2D eigenvalue weighted by atomic mass is 19.1. The maximum Gasteiger partial charge on any atom is 0.127 e. The summed E-state index contributed by atoms with van der Waals surface area (Å²) in [6.07, 6.45) is 4.76. The summed E-state index contributed by atoms with van der Waals surface area (Å²) >= 11 is 0. The Kier molecular flexibility index (Phi) is 4.91. The predicted octanol–water partition coefficient (Wildman–Crippen LogP) is 4.18. The van der Waals surface area contributed by atoms with E-state index >= 15 is 0 Å². The van der Waals surface area contributed by atoms with Gasteiger partial charge in [0, 0.05) is 24.9 Å². The predicted molar refractivity (Wildman–Crippen MR) is 89.3 cm³/mol. The molecule has 0 fully saturated rings. The molecule has 4 nitrogen and oxygen atoms in total. The van der Waals surface area contributed by atoms with Crippen molar-refractivity contribution in [3.05, 3.63) is 78.6 Å². The van der Waals surface area contributed by atoms with E-state index in [9.17, 15) is 9.50 Å². The molecule has 0 saturated heterocycles. The van der Waals surface area contributed by atoms with Crippen LogP contribution in [0.4, 0.5) is 4.39 Å². The second-order valence-corrected chi connectivity index (χ2v) is 5.81. The summed E-state index contributed by atoms with van der Waals surface area (Å²) < 4.78 is 20.5. The van der Waals surface area contributed by atoms with Crippen LogP contribution in [0.3, 0.4) is 0 Å². The van der Waals surface area contributed by atoms with E-state index in [1.807, 2.05) is 29.8 Å². The Bertz CT molecular complexity index is 755. The molecule has 0 bridgehead atoms. The van der Waals surface area contributed by atoms with E-state index in [4.69, 9.17) is 4.74 Å². The van der Waals surface area contributed by atoms with Gasteiger partial charge in [0.15, 0.2) is 0 Å². The number of halogens is 1. The van der Waals surface area contributed by atoms with E-state index in [0.29, 0.717) is 18.0 Å².